The highest BCUT2D eigenvalue weighted by atomic mass is 32.2. The summed E-state index contributed by atoms with van der Waals surface area (Å²) in [6.07, 6.45) is 0.902. The van der Waals surface area contributed by atoms with Crippen LogP contribution in [-0.2, 0) is 27.8 Å². The van der Waals surface area contributed by atoms with Crippen LogP contribution in [0.1, 0.15) is 23.9 Å². The van der Waals surface area contributed by atoms with E-state index in [1.54, 1.807) is 33.3 Å². The molecular formula is C23H25N3O5S2. The largest absolute Gasteiger partial charge is 0.493 e. The second-order valence-electron chi connectivity index (χ2n) is 7.47. The number of nitrogens with one attached hydrogen (secondary N) is 1. The second-order valence-corrected chi connectivity index (χ2v) is 10.5. The third-order valence-electron chi connectivity index (χ3n) is 5.42. The van der Waals surface area contributed by atoms with E-state index in [4.69, 9.17) is 14.5 Å². The molecule has 33 heavy (non-hydrogen) atoms. The Morgan fingerprint density at radius 1 is 1.12 bits per heavy atom. The van der Waals surface area contributed by atoms with E-state index >= 15 is 0 Å². The summed E-state index contributed by atoms with van der Waals surface area (Å²) in [5.74, 6) is 1.13. The van der Waals surface area contributed by atoms with Crippen molar-refractivity contribution in [3.63, 3.8) is 0 Å². The van der Waals surface area contributed by atoms with Gasteiger partial charge in [0.15, 0.2) is 11.5 Å². The van der Waals surface area contributed by atoms with Crippen LogP contribution in [0.3, 0.4) is 0 Å². The van der Waals surface area contributed by atoms with Crippen molar-refractivity contribution in [2.75, 3.05) is 26.1 Å². The van der Waals surface area contributed by atoms with Crippen molar-refractivity contribution in [1.29, 1.82) is 0 Å². The first kappa shape index (κ1) is 23.2. The minimum atomic E-state index is -3.67. The van der Waals surface area contributed by atoms with Gasteiger partial charge in [0.25, 0.3) is 0 Å². The summed E-state index contributed by atoms with van der Waals surface area (Å²) in [5, 5.41) is 3.54. The third-order valence-corrected chi connectivity index (χ3v) is 8.41. The number of ether oxygens (including phenoxy) is 2. The van der Waals surface area contributed by atoms with Gasteiger partial charge in [-0.15, -0.1) is 11.3 Å². The van der Waals surface area contributed by atoms with Crippen molar-refractivity contribution >= 4 is 33.0 Å². The average molecular weight is 488 g/mol. The number of anilines is 1. The molecule has 10 heteroatoms. The van der Waals surface area contributed by atoms with Gasteiger partial charge in [0.05, 0.1) is 31.4 Å². The normalized spacial score (nSPS) is 13.9. The quantitative estimate of drug-likeness (QED) is 0.542. The molecule has 0 spiro atoms. The lowest BCUT2D eigenvalue weighted by molar-refractivity contribution is -0.115. The number of sulfonamides is 1. The standard InChI is InChI=1S/C23H25N3O5S2/c1-4-22(27)24-16-6-8-17(9-7-16)33(28,29)26-12-11-18-21(14-26)32-23(25-18)15-5-10-19(30-2)20(13-15)31-3/h5-10,13H,4,11-12,14H2,1-3H3,(H,24,27). The van der Waals surface area contributed by atoms with Crippen LogP contribution in [0, 0.1) is 0 Å². The van der Waals surface area contributed by atoms with Gasteiger partial charge in [-0.1, -0.05) is 6.92 Å². The lowest BCUT2D eigenvalue weighted by Gasteiger charge is -2.25. The topological polar surface area (TPSA) is 97.8 Å². The Morgan fingerprint density at radius 2 is 1.85 bits per heavy atom. The molecule has 1 aromatic heterocycles. The molecule has 174 valence electrons. The lowest BCUT2D eigenvalue weighted by atomic mass is 10.2. The predicted octanol–water partition coefficient (Wildman–Crippen LogP) is 3.92. The van der Waals surface area contributed by atoms with E-state index in [-0.39, 0.29) is 17.3 Å². The Bertz CT molecular complexity index is 1270. The van der Waals surface area contributed by atoms with Crippen molar-refractivity contribution in [2.24, 2.45) is 0 Å². The van der Waals surface area contributed by atoms with E-state index in [0.717, 1.165) is 21.1 Å². The van der Waals surface area contributed by atoms with Gasteiger partial charge in [-0.05, 0) is 42.5 Å². The molecule has 0 fully saturated rings. The average Bonchev–Trinajstić information content (AvgIpc) is 3.27. The number of carbonyl (C=O) groups excluding carboxylic acids is 1. The highest BCUT2D eigenvalue weighted by molar-refractivity contribution is 7.89. The van der Waals surface area contributed by atoms with Crippen molar-refractivity contribution < 1.29 is 22.7 Å². The van der Waals surface area contributed by atoms with Crippen molar-refractivity contribution in [3.05, 3.63) is 53.0 Å². The summed E-state index contributed by atoms with van der Waals surface area (Å²) in [7, 11) is -0.496. The number of nitrogens with zero attached hydrogens (tertiary/aromatic N) is 2. The Hall–Kier alpha value is -2.95. The van der Waals surface area contributed by atoms with Crippen molar-refractivity contribution in [2.45, 2.75) is 31.2 Å². The van der Waals surface area contributed by atoms with Crippen LogP contribution in [0.4, 0.5) is 5.69 Å². The number of methoxy groups -OCH3 is 2. The summed E-state index contributed by atoms with van der Waals surface area (Å²) in [6, 6.07) is 11.9. The molecule has 1 aliphatic rings. The van der Waals surface area contributed by atoms with Gasteiger partial charge in [0.2, 0.25) is 15.9 Å². The SMILES string of the molecule is CCC(=O)Nc1ccc(S(=O)(=O)N2CCc3nc(-c4ccc(OC)c(OC)c4)sc3C2)cc1. The maximum atomic E-state index is 13.2. The van der Waals surface area contributed by atoms with Gasteiger partial charge < -0.3 is 14.8 Å². The van der Waals surface area contributed by atoms with Crippen LogP contribution in [0.15, 0.2) is 47.4 Å². The van der Waals surface area contributed by atoms with Crippen LogP contribution in [0.5, 0.6) is 11.5 Å². The Labute approximate surface area is 197 Å². The number of aromatic nitrogens is 1. The number of amides is 1. The number of hydrogen-bond acceptors (Lipinski definition) is 7. The summed E-state index contributed by atoms with van der Waals surface area (Å²) < 4.78 is 38.6. The van der Waals surface area contributed by atoms with Crippen LogP contribution in [0.2, 0.25) is 0 Å². The zero-order valence-electron chi connectivity index (χ0n) is 18.6. The fraction of sp³-hybridized carbons (Fsp3) is 0.304. The molecule has 2 aromatic carbocycles. The van der Waals surface area contributed by atoms with Crippen LogP contribution in [0.25, 0.3) is 10.6 Å². The van der Waals surface area contributed by atoms with Gasteiger partial charge in [0, 0.05) is 35.5 Å². The highest BCUT2D eigenvalue weighted by Crippen LogP contribution is 2.37. The number of fused-ring (bicyclic) bond motifs is 1. The molecule has 0 atom stereocenters. The van der Waals surface area contributed by atoms with Gasteiger partial charge in [-0.25, -0.2) is 13.4 Å². The smallest absolute Gasteiger partial charge is 0.243 e. The molecule has 8 nitrogen and oxygen atoms in total. The molecule has 1 N–H and O–H groups in total. The maximum Gasteiger partial charge on any atom is 0.243 e. The molecular weight excluding hydrogens is 462 g/mol. The van der Waals surface area contributed by atoms with Gasteiger partial charge >= 0.3 is 0 Å². The molecule has 4 rings (SSSR count). The van der Waals surface area contributed by atoms with Gasteiger partial charge in [-0.3, -0.25) is 4.79 Å². The van der Waals surface area contributed by atoms with E-state index < -0.39 is 10.0 Å². The van der Waals surface area contributed by atoms with Crippen LogP contribution in [-0.4, -0.2) is 44.4 Å². The molecule has 0 saturated heterocycles. The first-order chi connectivity index (χ1) is 15.8. The fourth-order valence-corrected chi connectivity index (χ4v) is 6.19. The molecule has 0 unspecified atom stereocenters. The Kier molecular flexibility index (Phi) is 6.68. The molecule has 3 aromatic rings. The van der Waals surface area contributed by atoms with Crippen LogP contribution >= 0.6 is 11.3 Å². The number of hydrogen-bond donors (Lipinski definition) is 1. The van der Waals surface area contributed by atoms with Crippen LogP contribution < -0.4 is 14.8 Å². The Balaban J connectivity index is 1.54. The maximum absolute atomic E-state index is 13.2. The fourth-order valence-electron chi connectivity index (χ4n) is 3.58. The molecule has 1 amide bonds. The predicted molar refractivity (Wildman–Crippen MR) is 127 cm³/mol. The van der Waals surface area contributed by atoms with Crippen molar-refractivity contribution in [1.82, 2.24) is 9.29 Å². The summed E-state index contributed by atoms with van der Waals surface area (Å²) >= 11 is 1.49. The summed E-state index contributed by atoms with van der Waals surface area (Å²) in [4.78, 5) is 17.4. The van der Waals surface area contributed by atoms with E-state index in [1.807, 2.05) is 18.2 Å². The molecule has 1 aliphatic heterocycles. The van der Waals surface area contributed by atoms with E-state index in [2.05, 4.69) is 5.32 Å². The number of carbonyl (C=O) groups is 1. The highest BCUT2D eigenvalue weighted by Gasteiger charge is 2.30. The van der Waals surface area contributed by atoms with E-state index in [9.17, 15) is 13.2 Å². The molecule has 0 bridgehead atoms. The zero-order chi connectivity index (χ0) is 23.6. The zero-order valence-corrected chi connectivity index (χ0v) is 20.3. The van der Waals surface area contributed by atoms with E-state index in [1.165, 1.54) is 27.8 Å². The lowest BCUT2D eigenvalue weighted by Crippen LogP contribution is -2.35. The molecule has 2 heterocycles. The Morgan fingerprint density at radius 3 is 2.52 bits per heavy atom. The van der Waals surface area contributed by atoms with Gasteiger partial charge in [0.1, 0.15) is 5.01 Å². The summed E-state index contributed by atoms with van der Waals surface area (Å²) in [6.45, 7) is 2.39. The van der Waals surface area contributed by atoms with Gasteiger partial charge in [-0.2, -0.15) is 4.31 Å². The first-order valence-electron chi connectivity index (χ1n) is 10.5. The van der Waals surface area contributed by atoms with Crippen molar-refractivity contribution in [3.8, 4) is 22.1 Å². The monoisotopic (exact) mass is 487 g/mol. The second kappa shape index (κ2) is 9.50. The minimum absolute atomic E-state index is 0.121. The minimum Gasteiger partial charge on any atom is -0.493 e. The third kappa shape index (κ3) is 4.73. The molecule has 0 saturated carbocycles. The molecule has 0 radical (unpaired) electrons. The first-order valence-corrected chi connectivity index (χ1v) is 12.7. The molecule has 0 aliphatic carbocycles. The summed E-state index contributed by atoms with van der Waals surface area (Å²) in [5.41, 5.74) is 2.39. The number of rotatable bonds is 7. The number of thiazole rings is 1. The number of benzene rings is 2. The van der Waals surface area contributed by atoms with E-state index in [0.29, 0.717) is 36.6 Å².